The molecule has 56 valence electrons. The van der Waals surface area contributed by atoms with E-state index in [0.29, 0.717) is 11.6 Å². The van der Waals surface area contributed by atoms with Gasteiger partial charge in [0.15, 0.2) is 0 Å². The smallest absolute Gasteiger partial charge is 0.201 e. The molecule has 2 aromatic heterocycles. The molecule has 0 aliphatic rings. The van der Waals surface area contributed by atoms with E-state index in [-0.39, 0.29) is 0 Å². The van der Waals surface area contributed by atoms with Crippen LogP contribution in [0.1, 0.15) is 11.5 Å². The molecular formula is C6H7N5. The second kappa shape index (κ2) is 1.98. The molecule has 0 spiro atoms. The highest BCUT2D eigenvalue weighted by Crippen LogP contribution is 1.95. The van der Waals surface area contributed by atoms with Gasteiger partial charge in [-0.3, -0.25) is 0 Å². The minimum Gasteiger partial charge on any atom is -0.201 e. The maximum atomic E-state index is 4.08. The number of fused-ring (bicyclic) bond motifs is 1. The number of hydrogen-bond acceptors (Lipinski definition) is 4. The van der Waals surface area contributed by atoms with Crippen molar-refractivity contribution in [2.75, 3.05) is 0 Å². The van der Waals surface area contributed by atoms with Crippen LogP contribution in [0, 0.1) is 13.8 Å². The molecule has 0 aliphatic carbocycles. The van der Waals surface area contributed by atoms with Gasteiger partial charge in [-0.15, -0.1) is 5.10 Å². The third-order valence-corrected chi connectivity index (χ3v) is 1.33. The van der Waals surface area contributed by atoms with Crippen molar-refractivity contribution in [2.45, 2.75) is 13.8 Å². The van der Waals surface area contributed by atoms with Crippen LogP contribution in [0.15, 0.2) is 6.20 Å². The van der Waals surface area contributed by atoms with Gasteiger partial charge < -0.3 is 0 Å². The Balaban J connectivity index is 2.82. The second-order valence-corrected chi connectivity index (χ2v) is 2.37. The van der Waals surface area contributed by atoms with Crippen molar-refractivity contribution in [1.82, 2.24) is 24.8 Å². The molecule has 0 fully saturated rings. The predicted octanol–water partition coefficient (Wildman–Crippen LogP) is 0.136. The van der Waals surface area contributed by atoms with Crippen LogP contribution in [-0.4, -0.2) is 24.8 Å². The van der Waals surface area contributed by atoms with Crippen molar-refractivity contribution < 1.29 is 0 Å². The van der Waals surface area contributed by atoms with Crippen LogP contribution in [0.3, 0.4) is 0 Å². The summed E-state index contributed by atoms with van der Waals surface area (Å²) in [5.74, 6) is 1.26. The van der Waals surface area contributed by atoms with Gasteiger partial charge >= 0.3 is 0 Å². The van der Waals surface area contributed by atoms with Gasteiger partial charge in [-0.05, 0) is 13.8 Å². The van der Waals surface area contributed by atoms with E-state index in [9.17, 15) is 0 Å². The molecule has 0 bridgehead atoms. The predicted molar refractivity (Wildman–Crippen MR) is 38.1 cm³/mol. The molecule has 2 rings (SSSR count). The Bertz CT molecular complexity index is 391. The van der Waals surface area contributed by atoms with Crippen LogP contribution >= 0.6 is 0 Å². The van der Waals surface area contributed by atoms with Crippen molar-refractivity contribution in [3.63, 3.8) is 0 Å². The summed E-state index contributed by atoms with van der Waals surface area (Å²) in [6, 6.07) is 0. The highest BCUT2D eigenvalue weighted by Gasteiger charge is 1.99. The zero-order valence-electron chi connectivity index (χ0n) is 6.31. The lowest BCUT2D eigenvalue weighted by Gasteiger charge is -1.88. The molecule has 0 saturated carbocycles. The van der Waals surface area contributed by atoms with Crippen LogP contribution in [0.4, 0.5) is 0 Å². The standard InChI is InChI=1S/C6H7N5/c1-4-3-11-6(9-8-4)7-5(2)10-11/h3H,1-2H3. The molecule has 0 saturated heterocycles. The lowest BCUT2D eigenvalue weighted by molar-refractivity contribution is 0.853. The maximum absolute atomic E-state index is 4.08. The van der Waals surface area contributed by atoms with E-state index in [4.69, 9.17) is 0 Å². The third-order valence-electron chi connectivity index (χ3n) is 1.33. The first-order valence-corrected chi connectivity index (χ1v) is 3.29. The monoisotopic (exact) mass is 149 g/mol. The molecule has 2 heterocycles. The minimum atomic E-state index is 0.549. The Morgan fingerprint density at radius 3 is 2.91 bits per heavy atom. The molecule has 0 atom stereocenters. The van der Waals surface area contributed by atoms with E-state index in [1.165, 1.54) is 0 Å². The van der Waals surface area contributed by atoms with Crippen LogP contribution < -0.4 is 0 Å². The average molecular weight is 149 g/mol. The zero-order chi connectivity index (χ0) is 7.84. The summed E-state index contributed by atoms with van der Waals surface area (Å²) in [5.41, 5.74) is 0.836. The summed E-state index contributed by atoms with van der Waals surface area (Å²) in [6.07, 6.45) is 1.79. The summed E-state index contributed by atoms with van der Waals surface area (Å²) in [6.45, 7) is 3.69. The van der Waals surface area contributed by atoms with Gasteiger partial charge in [0.05, 0.1) is 11.9 Å². The fourth-order valence-electron chi connectivity index (χ4n) is 0.900. The third kappa shape index (κ3) is 0.938. The van der Waals surface area contributed by atoms with Gasteiger partial charge in [0.1, 0.15) is 5.82 Å². The number of rotatable bonds is 0. The van der Waals surface area contributed by atoms with Crippen LogP contribution in [0.2, 0.25) is 0 Å². The lowest BCUT2D eigenvalue weighted by atomic mass is 10.6. The largest absolute Gasteiger partial charge is 0.271 e. The van der Waals surface area contributed by atoms with E-state index < -0.39 is 0 Å². The van der Waals surface area contributed by atoms with Gasteiger partial charge in [-0.1, -0.05) is 0 Å². The van der Waals surface area contributed by atoms with Gasteiger partial charge in [0.2, 0.25) is 0 Å². The summed E-state index contributed by atoms with van der Waals surface area (Å²) < 4.78 is 1.62. The number of nitrogens with zero attached hydrogens (tertiary/aromatic N) is 5. The Labute approximate surface area is 63.1 Å². The highest BCUT2D eigenvalue weighted by molar-refractivity contribution is 5.23. The van der Waals surface area contributed by atoms with Crippen molar-refractivity contribution in [3.05, 3.63) is 17.7 Å². The fourth-order valence-corrected chi connectivity index (χ4v) is 0.900. The van der Waals surface area contributed by atoms with E-state index in [2.05, 4.69) is 20.3 Å². The molecule has 5 heteroatoms. The van der Waals surface area contributed by atoms with Crippen LogP contribution in [0.5, 0.6) is 0 Å². The van der Waals surface area contributed by atoms with Gasteiger partial charge in [0.25, 0.3) is 5.78 Å². The minimum absolute atomic E-state index is 0.549. The zero-order valence-corrected chi connectivity index (χ0v) is 6.31. The van der Waals surface area contributed by atoms with E-state index >= 15 is 0 Å². The first kappa shape index (κ1) is 6.21. The van der Waals surface area contributed by atoms with Gasteiger partial charge in [0, 0.05) is 0 Å². The first-order chi connectivity index (χ1) is 5.25. The fraction of sp³-hybridized carbons (Fsp3) is 0.333. The molecular weight excluding hydrogens is 142 g/mol. The number of hydrogen-bond donors (Lipinski definition) is 0. The Kier molecular flexibility index (Phi) is 1.12. The van der Waals surface area contributed by atoms with Crippen molar-refractivity contribution >= 4 is 5.78 Å². The molecule has 0 unspecified atom stereocenters. The Hall–Kier alpha value is -1.52. The molecule has 0 N–H and O–H groups in total. The highest BCUT2D eigenvalue weighted by atomic mass is 15.4. The van der Waals surface area contributed by atoms with Crippen molar-refractivity contribution in [1.29, 1.82) is 0 Å². The summed E-state index contributed by atoms with van der Waals surface area (Å²) >= 11 is 0. The van der Waals surface area contributed by atoms with Gasteiger partial charge in [-0.25, -0.2) is 4.52 Å². The van der Waals surface area contributed by atoms with Crippen LogP contribution in [-0.2, 0) is 0 Å². The molecule has 11 heavy (non-hydrogen) atoms. The molecule has 0 aliphatic heterocycles. The van der Waals surface area contributed by atoms with E-state index in [1.54, 1.807) is 10.7 Å². The van der Waals surface area contributed by atoms with E-state index in [1.807, 2.05) is 13.8 Å². The summed E-state index contributed by atoms with van der Waals surface area (Å²) in [7, 11) is 0. The summed E-state index contributed by atoms with van der Waals surface area (Å²) in [5, 5.41) is 11.8. The molecule has 0 radical (unpaired) electrons. The Morgan fingerprint density at radius 1 is 1.27 bits per heavy atom. The van der Waals surface area contributed by atoms with Crippen molar-refractivity contribution in [2.24, 2.45) is 0 Å². The summed E-state index contributed by atoms with van der Waals surface area (Å²) in [4.78, 5) is 4.03. The Morgan fingerprint density at radius 2 is 2.09 bits per heavy atom. The first-order valence-electron chi connectivity index (χ1n) is 3.29. The molecule has 0 amide bonds. The van der Waals surface area contributed by atoms with Gasteiger partial charge in [-0.2, -0.15) is 15.2 Å². The quantitative estimate of drug-likeness (QED) is 0.534. The molecule has 5 nitrogen and oxygen atoms in total. The normalized spacial score (nSPS) is 10.7. The maximum Gasteiger partial charge on any atom is 0.271 e. The second-order valence-electron chi connectivity index (χ2n) is 2.37. The van der Waals surface area contributed by atoms with E-state index in [0.717, 1.165) is 5.69 Å². The SMILES string of the molecule is Cc1cn2nc(C)nc2nn1. The topological polar surface area (TPSA) is 56.0 Å². The number of aryl methyl sites for hydroxylation is 2. The molecule has 0 aromatic carbocycles. The number of aromatic nitrogens is 5. The van der Waals surface area contributed by atoms with Crippen molar-refractivity contribution in [3.8, 4) is 0 Å². The molecule has 2 aromatic rings. The lowest BCUT2D eigenvalue weighted by Crippen LogP contribution is -1.95. The van der Waals surface area contributed by atoms with Crippen LogP contribution in [0.25, 0.3) is 5.78 Å². The average Bonchev–Trinajstić information content (AvgIpc) is 2.27.